The van der Waals surface area contributed by atoms with Gasteiger partial charge in [-0.1, -0.05) is 0 Å². The first kappa shape index (κ1) is 13.2. The van der Waals surface area contributed by atoms with Gasteiger partial charge in [0.25, 0.3) is 0 Å². The zero-order chi connectivity index (χ0) is 9.00. The Morgan fingerprint density at radius 3 is 0.900 bits per heavy atom. The molecule has 0 aromatic carbocycles. The van der Waals surface area contributed by atoms with Gasteiger partial charge in [-0.25, -0.2) is 0 Å². The molecule has 0 aliphatic heterocycles. The van der Waals surface area contributed by atoms with Crippen LogP contribution in [0.25, 0.3) is 0 Å². The first-order chi connectivity index (χ1) is 4.00. The predicted molar refractivity (Wildman–Crippen MR) is 30.4 cm³/mol. The molecule has 0 aliphatic rings. The summed E-state index contributed by atoms with van der Waals surface area (Å²) in [5, 5.41) is 0. The van der Waals surface area contributed by atoms with E-state index in [4.69, 9.17) is 0 Å². The summed E-state index contributed by atoms with van der Waals surface area (Å²) in [5.74, 6) is 0. The fraction of sp³-hybridized carbons (Fsp3) is 0. The molecule has 0 nitrogen and oxygen atoms in total. The van der Waals surface area contributed by atoms with Gasteiger partial charge in [-0.15, -0.1) is 12.6 Å². The maximum atomic E-state index is 10.3. The van der Waals surface area contributed by atoms with E-state index in [1.54, 1.807) is 0 Å². The summed E-state index contributed by atoms with van der Waals surface area (Å²) in [4.78, 5) is 0. The van der Waals surface area contributed by atoms with Crippen LogP contribution in [0.15, 0.2) is 0 Å². The van der Waals surface area contributed by atoms with Crippen molar-refractivity contribution >= 4 is 27.3 Å². The third kappa shape index (κ3) is 1420. The van der Waals surface area contributed by atoms with Gasteiger partial charge in [0.2, 0.25) is 0 Å². The van der Waals surface area contributed by atoms with Crippen molar-refractivity contribution in [2.24, 2.45) is 0 Å². The Bertz CT molecular complexity index is 104. The van der Waals surface area contributed by atoms with E-state index in [1.165, 1.54) is 0 Å². The number of halogens is 7. The van der Waals surface area contributed by atoms with E-state index in [2.05, 4.69) is 11.8 Å². The molecule has 0 aromatic rings. The monoisotopic (exact) mass is 228 g/mol. The van der Waals surface area contributed by atoms with Gasteiger partial charge in [-0.3, -0.25) is 0 Å². The number of hydrogen-bond donors (Lipinski definition) is 0. The van der Waals surface area contributed by atoms with Crippen LogP contribution in [-0.4, -0.2) is 0 Å². The summed E-state index contributed by atoms with van der Waals surface area (Å²) in [6.07, 6.45) is 0. The van der Waals surface area contributed by atoms with E-state index in [0.29, 0.717) is 0 Å². The second-order valence-electron chi connectivity index (χ2n) is 0.827. The summed E-state index contributed by atoms with van der Waals surface area (Å²) in [5.41, 5.74) is 0. The molecule has 66 valence electrons. The Morgan fingerprint density at radius 2 is 0.900 bits per heavy atom. The van der Waals surface area contributed by atoms with E-state index < -0.39 is 15.5 Å². The van der Waals surface area contributed by atoms with Crippen molar-refractivity contribution in [1.29, 1.82) is 0 Å². The van der Waals surface area contributed by atoms with Gasteiger partial charge in [0.05, 0.1) is 0 Å². The van der Waals surface area contributed by atoms with Crippen LogP contribution >= 0.6 is 15.5 Å². The molecule has 0 saturated carbocycles. The molecule has 10 heteroatoms. The molecule has 0 atom stereocenters. The summed E-state index contributed by atoms with van der Waals surface area (Å²) in [6.45, 7) is -5.31. The minimum absolute atomic E-state index is 2.94. The van der Waals surface area contributed by atoms with Crippen LogP contribution in [0.2, 0.25) is 0 Å². The summed E-state index contributed by atoms with van der Waals surface area (Å²) < 4.78 is 70.1. The van der Waals surface area contributed by atoms with Crippen molar-refractivity contribution < 1.29 is 29.4 Å². The Balaban J connectivity index is 0. The summed E-state index contributed by atoms with van der Waals surface area (Å²) >= 11 is 2.94. The fourth-order valence-corrected chi connectivity index (χ4v) is 0. The van der Waals surface area contributed by atoms with Gasteiger partial charge in [0.1, 0.15) is 0 Å². The molecule has 0 N–H and O–H groups in total. The normalized spacial score (nSPS) is 13.5. The van der Waals surface area contributed by atoms with Gasteiger partial charge in [0.15, 0.2) is 0 Å². The molecule has 0 heterocycles. The molecule has 0 radical (unpaired) electrons. The van der Waals surface area contributed by atoms with Crippen LogP contribution in [0.4, 0.5) is 29.4 Å². The van der Waals surface area contributed by atoms with Crippen molar-refractivity contribution in [3.8, 4) is 0 Å². The van der Waals surface area contributed by atoms with Gasteiger partial charge < -0.3 is 0 Å². The van der Waals surface area contributed by atoms with Gasteiger partial charge in [-0.05, 0) is 0 Å². The molecule has 0 unspecified atom stereocenters. The van der Waals surface area contributed by atoms with E-state index >= 15 is 0 Å². The third-order valence-corrected chi connectivity index (χ3v) is 0. The van der Waals surface area contributed by atoms with E-state index in [0.717, 1.165) is 0 Å². The minimum atomic E-state index is -6.61. The fourth-order valence-electron chi connectivity index (χ4n) is 0. The molecule has 0 aliphatic carbocycles. The Morgan fingerprint density at radius 1 is 0.900 bits per heavy atom. The molecule has 0 aromatic heterocycles. The number of rotatable bonds is 0. The topological polar surface area (TPSA) is 0 Å². The van der Waals surface area contributed by atoms with E-state index in [1.807, 2.05) is 0 Å². The summed E-state index contributed by atoms with van der Waals surface area (Å²) in [6, 6.07) is 0. The second-order valence-corrected chi connectivity index (χ2v) is 3.72. The first-order valence-corrected chi connectivity index (χ1v) is 5.43. The predicted octanol–water partition coefficient (Wildman–Crippen LogP) is 4.39. The van der Waals surface area contributed by atoms with E-state index in [-0.39, 0.29) is 0 Å². The zero-order valence-corrected chi connectivity index (χ0v) is 6.71. The first-order valence-electron chi connectivity index (χ1n) is 1.45. The molecular weight excluding hydrogens is 227 g/mol. The van der Waals surface area contributed by atoms with Crippen LogP contribution in [0.5, 0.6) is 0 Å². The molecule has 0 fully saturated rings. The molecule has 0 spiro atoms. The van der Waals surface area contributed by atoms with Crippen LogP contribution in [0.3, 0.4) is 0 Å². The second kappa shape index (κ2) is 4.46. The van der Waals surface area contributed by atoms with Crippen molar-refractivity contribution in [1.82, 2.24) is 0 Å². The van der Waals surface area contributed by atoms with Gasteiger partial charge in [-0.2, -0.15) is 0 Å². The zero-order valence-electron chi connectivity index (χ0n) is 4.00. The Labute approximate surface area is 57.6 Å². The van der Waals surface area contributed by atoms with Gasteiger partial charge >= 0.3 is 32.3 Å². The quantitative estimate of drug-likeness (QED) is 0.437. The molecule has 0 amide bonds. The van der Waals surface area contributed by atoms with Crippen molar-refractivity contribution in [3.63, 3.8) is 0 Å². The Kier molecular flexibility index (Phi) is 5.89. The summed E-state index contributed by atoms with van der Waals surface area (Å²) in [7, 11) is -6.61. The average Bonchev–Trinajstić information content (AvgIpc) is 1.12. The molecular formula is HF7P2S. The molecule has 0 bridgehead atoms. The maximum absolute atomic E-state index is 10.3. The van der Waals surface area contributed by atoms with Gasteiger partial charge in [0, 0.05) is 11.8 Å². The number of hydrogen-bond acceptors (Lipinski definition) is 1. The van der Waals surface area contributed by atoms with Crippen molar-refractivity contribution in [3.05, 3.63) is 0 Å². The standard InChI is InChI=1S/F4HP.F3PS/c1-5(2,3)4;1-4(2,3)5/h5H;. The molecule has 0 rings (SSSR count). The van der Waals surface area contributed by atoms with Crippen molar-refractivity contribution in [2.45, 2.75) is 0 Å². The van der Waals surface area contributed by atoms with Crippen LogP contribution in [-0.2, 0) is 11.8 Å². The van der Waals surface area contributed by atoms with Crippen LogP contribution < -0.4 is 0 Å². The molecule has 0 saturated heterocycles. The van der Waals surface area contributed by atoms with Crippen LogP contribution in [0, 0.1) is 0 Å². The SMILES string of the molecule is FP(F)(F)=S.F[PH](F)(F)F. The third-order valence-electron chi connectivity index (χ3n) is 0. The molecule has 10 heavy (non-hydrogen) atoms. The van der Waals surface area contributed by atoms with E-state index in [9.17, 15) is 29.4 Å². The van der Waals surface area contributed by atoms with Crippen LogP contribution in [0.1, 0.15) is 0 Å². The Hall–Kier alpha value is 0.590. The average molecular weight is 228 g/mol. The van der Waals surface area contributed by atoms with Crippen molar-refractivity contribution in [2.75, 3.05) is 0 Å².